The van der Waals surface area contributed by atoms with E-state index in [1.165, 1.54) is 44.9 Å². The molecule has 28 heavy (non-hydrogen) atoms. The molecule has 1 saturated heterocycles. The van der Waals surface area contributed by atoms with Crippen molar-refractivity contribution in [3.8, 4) is 0 Å². The van der Waals surface area contributed by atoms with Gasteiger partial charge >= 0.3 is 15.5 Å². The van der Waals surface area contributed by atoms with E-state index in [0.29, 0.717) is 35.6 Å². The van der Waals surface area contributed by atoms with Gasteiger partial charge in [0.2, 0.25) is 0 Å². The van der Waals surface area contributed by atoms with Gasteiger partial charge in [-0.3, -0.25) is 4.99 Å². The molecular weight excluding hydrogens is 393 g/mol. The van der Waals surface area contributed by atoms with E-state index in [9.17, 15) is 21.6 Å². The lowest BCUT2D eigenvalue weighted by Crippen LogP contribution is -2.51. The van der Waals surface area contributed by atoms with Gasteiger partial charge in [0, 0.05) is 32.2 Å². The van der Waals surface area contributed by atoms with E-state index in [2.05, 4.69) is 10.6 Å². The minimum atomic E-state index is -5.23. The minimum absolute atomic E-state index is 0.0881. The van der Waals surface area contributed by atoms with Crippen LogP contribution in [0.5, 0.6) is 0 Å². The van der Waals surface area contributed by atoms with E-state index in [1.54, 1.807) is 0 Å². The Morgan fingerprint density at radius 1 is 1.04 bits per heavy atom. The van der Waals surface area contributed by atoms with Crippen LogP contribution < -0.4 is 10.6 Å². The van der Waals surface area contributed by atoms with Crippen molar-refractivity contribution in [2.45, 2.75) is 76.3 Å². The summed E-state index contributed by atoms with van der Waals surface area (Å²) in [6.45, 7) is 3.13. The minimum Gasteiger partial charge on any atom is -0.357 e. The van der Waals surface area contributed by atoms with Crippen LogP contribution in [0.4, 0.5) is 13.2 Å². The Bertz CT molecular complexity index is 594. The molecule has 0 aromatic carbocycles. The molecule has 2 aliphatic rings. The summed E-state index contributed by atoms with van der Waals surface area (Å²) in [6, 6.07) is -0.0881. The van der Waals surface area contributed by atoms with Crippen LogP contribution in [0.25, 0.3) is 0 Å². The predicted octanol–water partition coefficient (Wildman–Crippen LogP) is 3.22. The number of guanidine groups is 1. The number of piperidine rings is 1. The van der Waals surface area contributed by atoms with Crippen LogP contribution in [0.1, 0.15) is 64.7 Å². The highest BCUT2D eigenvalue weighted by Gasteiger charge is 2.50. The molecule has 0 aromatic rings. The molecule has 2 fully saturated rings. The van der Waals surface area contributed by atoms with Crippen molar-refractivity contribution in [3.05, 3.63) is 0 Å². The molecule has 164 valence electrons. The van der Waals surface area contributed by atoms with E-state index in [0.717, 1.165) is 6.54 Å². The summed E-state index contributed by atoms with van der Waals surface area (Å²) in [5.74, 6) is 1.25. The third-order valence-electron chi connectivity index (χ3n) is 5.50. The maximum atomic E-state index is 12.7. The van der Waals surface area contributed by atoms with Crippen LogP contribution in [-0.2, 0) is 10.0 Å². The topological polar surface area (TPSA) is 73.8 Å². The van der Waals surface area contributed by atoms with Crippen LogP contribution in [0.2, 0.25) is 0 Å². The van der Waals surface area contributed by atoms with Crippen molar-refractivity contribution in [1.29, 1.82) is 0 Å². The van der Waals surface area contributed by atoms with Crippen LogP contribution >= 0.6 is 0 Å². The average molecular weight is 427 g/mol. The summed E-state index contributed by atoms with van der Waals surface area (Å²) in [7, 11) is -5.23. The van der Waals surface area contributed by atoms with Crippen LogP contribution in [0.15, 0.2) is 4.99 Å². The first kappa shape index (κ1) is 23.3. The zero-order valence-electron chi connectivity index (χ0n) is 16.6. The third kappa shape index (κ3) is 6.79. The van der Waals surface area contributed by atoms with Crippen molar-refractivity contribution in [2.24, 2.45) is 10.9 Å². The number of aliphatic imine (C=N–C) groups is 1. The Morgan fingerprint density at radius 3 is 2.14 bits per heavy atom. The molecule has 10 heteroatoms. The first-order valence-electron chi connectivity index (χ1n) is 10.3. The molecule has 6 nitrogen and oxygen atoms in total. The van der Waals surface area contributed by atoms with Gasteiger partial charge in [-0.1, -0.05) is 32.1 Å². The summed E-state index contributed by atoms with van der Waals surface area (Å²) in [5.41, 5.74) is -5.23. The van der Waals surface area contributed by atoms with Gasteiger partial charge in [-0.2, -0.15) is 17.5 Å². The van der Waals surface area contributed by atoms with Crippen LogP contribution in [-0.4, -0.2) is 56.4 Å². The Hall–Kier alpha value is -1.03. The van der Waals surface area contributed by atoms with Gasteiger partial charge in [0.05, 0.1) is 0 Å². The first-order valence-corrected chi connectivity index (χ1v) is 11.8. The van der Waals surface area contributed by atoms with E-state index < -0.39 is 15.5 Å². The molecule has 0 radical (unpaired) electrons. The lowest BCUT2D eigenvalue weighted by atomic mass is 9.91. The number of nitrogens with one attached hydrogen (secondary N) is 2. The number of alkyl halides is 3. The molecule has 0 atom stereocenters. The molecule has 2 rings (SSSR count). The molecule has 0 unspecified atom stereocenters. The SMILES string of the molecule is CCNC(=NCC1CCCCCCC1)NC1CCN(S(=O)(=O)C(F)(F)F)CC1. The Balaban J connectivity index is 1.87. The second kappa shape index (κ2) is 10.7. The fourth-order valence-electron chi connectivity index (χ4n) is 3.84. The highest BCUT2D eigenvalue weighted by Crippen LogP contribution is 2.29. The number of sulfonamides is 1. The van der Waals surface area contributed by atoms with E-state index in [4.69, 9.17) is 4.99 Å². The fraction of sp³-hybridized carbons (Fsp3) is 0.944. The van der Waals surface area contributed by atoms with Crippen molar-refractivity contribution in [1.82, 2.24) is 14.9 Å². The quantitative estimate of drug-likeness (QED) is 0.523. The molecule has 2 N–H and O–H groups in total. The Morgan fingerprint density at radius 2 is 1.61 bits per heavy atom. The number of hydrogen-bond acceptors (Lipinski definition) is 3. The van der Waals surface area contributed by atoms with Crippen molar-refractivity contribution in [3.63, 3.8) is 0 Å². The molecule has 0 aromatic heterocycles. The smallest absolute Gasteiger partial charge is 0.357 e. The molecule has 0 amide bonds. The van der Waals surface area contributed by atoms with E-state index >= 15 is 0 Å². The molecule has 1 aliphatic carbocycles. The maximum Gasteiger partial charge on any atom is 0.511 e. The van der Waals surface area contributed by atoms with Gasteiger partial charge in [0.25, 0.3) is 0 Å². The number of rotatable bonds is 5. The largest absolute Gasteiger partial charge is 0.511 e. The van der Waals surface area contributed by atoms with E-state index in [-0.39, 0.29) is 19.1 Å². The van der Waals surface area contributed by atoms with Gasteiger partial charge in [-0.15, -0.1) is 0 Å². The van der Waals surface area contributed by atoms with Crippen LogP contribution in [0, 0.1) is 5.92 Å². The molecule has 0 bridgehead atoms. The van der Waals surface area contributed by atoms with Crippen molar-refractivity contribution in [2.75, 3.05) is 26.2 Å². The average Bonchev–Trinajstić information content (AvgIpc) is 2.60. The molecule has 1 aliphatic heterocycles. The Labute approximate surface area is 166 Å². The van der Waals surface area contributed by atoms with Gasteiger partial charge in [-0.25, -0.2) is 8.42 Å². The van der Waals surface area contributed by atoms with E-state index in [1.807, 2.05) is 6.92 Å². The van der Waals surface area contributed by atoms with Crippen molar-refractivity contribution < 1.29 is 21.6 Å². The molecule has 0 spiro atoms. The number of hydrogen-bond donors (Lipinski definition) is 2. The summed E-state index contributed by atoms with van der Waals surface area (Å²) >= 11 is 0. The zero-order chi connectivity index (χ0) is 20.6. The standard InChI is InChI=1S/C18H33F3N4O2S/c1-2-22-17(23-14-15-8-6-4-3-5-7-9-15)24-16-10-12-25(13-11-16)28(26,27)18(19,20)21/h15-16H,2-14H2,1H3,(H2,22,23,24). The van der Waals surface area contributed by atoms with Crippen molar-refractivity contribution >= 4 is 16.0 Å². The first-order chi connectivity index (χ1) is 13.2. The van der Waals surface area contributed by atoms with Crippen LogP contribution in [0.3, 0.4) is 0 Å². The zero-order valence-corrected chi connectivity index (χ0v) is 17.4. The summed E-state index contributed by atoms with van der Waals surface area (Å²) in [5, 5.41) is 6.46. The fourth-order valence-corrected chi connectivity index (χ4v) is 4.83. The predicted molar refractivity (Wildman–Crippen MR) is 104 cm³/mol. The third-order valence-corrected chi connectivity index (χ3v) is 7.13. The molecular formula is C18H33F3N4O2S. The normalized spacial score (nSPS) is 22.5. The second-order valence-corrected chi connectivity index (χ2v) is 9.63. The van der Waals surface area contributed by atoms with Gasteiger partial charge in [0.1, 0.15) is 0 Å². The lowest BCUT2D eigenvalue weighted by Gasteiger charge is -2.32. The Kier molecular flexibility index (Phi) is 8.85. The summed E-state index contributed by atoms with van der Waals surface area (Å²) in [4.78, 5) is 4.69. The summed E-state index contributed by atoms with van der Waals surface area (Å²) in [6.07, 6.45) is 9.42. The maximum absolute atomic E-state index is 12.7. The number of halogens is 3. The summed E-state index contributed by atoms with van der Waals surface area (Å²) < 4.78 is 61.6. The highest BCUT2D eigenvalue weighted by atomic mass is 32.2. The van der Waals surface area contributed by atoms with Gasteiger partial charge < -0.3 is 10.6 Å². The highest BCUT2D eigenvalue weighted by molar-refractivity contribution is 7.90. The number of nitrogens with zero attached hydrogens (tertiary/aromatic N) is 2. The lowest BCUT2D eigenvalue weighted by molar-refractivity contribution is -0.0494. The van der Waals surface area contributed by atoms with Gasteiger partial charge in [-0.05, 0) is 38.5 Å². The van der Waals surface area contributed by atoms with Gasteiger partial charge in [0.15, 0.2) is 5.96 Å². The second-order valence-electron chi connectivity index (χ2n) is 7.70. The molecule has 1 heterocycles. The monoisotopic (exact) mass is 426 g/mol. The molecule has 1 saturated carbocycles.